The average molecular weight is 438 g/mol. The zero-order valence-electron chi connectivity index (χ0n) is 18.4. The van der Waals surface area contributed by atoms with Crippen molar-refractivity contribution in [2.45, 2.75) is 45.3 Å². The van der Waals surface area contributed by atoms with Gasteiger partial charge in [-0.05, 0) is 51.8 Å². The lowest BCUT2D eigenvalue weighted by Crippen LogP contribution is -2.42. The molecule has 0 bridgehead atoms. The van der Waals surface area contributed by atoms with Gasteiger partial charge in [0.05, 0.1) is 23.7 Å². The maximum atomic E-state index is 12.7. The summed E-state index contributed by atoms with van der Waals surface area (Å²) < 4.78 is 10.7. The van der Waals surface area contributed by atoms with E-state index >= 15 is 0 Å². The fourth-order valence-corrected chi connectivity index (χ4v) is 3.48. The quantitative estimate of drug-likeness (QED) is 0.686. The molecule has 0 radical (unpaired) electrons. The number of likely N-dealkylation sites (tertiary alicyclic amines) is 1. The molecule has 3 rings (SSSR count). The van der Waals surface area contributed by atoms with Gasteiger partial charge in [-0.2, -0.15) is 5.26 Å². The zero-order valence-corrected chi connectivity index (χ0v) is 18.4. The van der Waals surface area contributed by atoms with Crippen molar-refractivity contribution in [3.8, 4) is 11.8 Å². The Morgan fingerprint density at radius 3 is 2.78 bits per heavy atom. The molecule has 2 aromatic rings. The van der Waals surface area contributed by atoms with Crippen LogP contribution >= 0.6 is 0 Å². The first-order valence-electron chi connectivity index (χ1n) is 10.4. The molecule has 1 atom stereocenters. The molecule has 1 N–H and O–H groups in total. The first-order valence-corrected chi connectivity index (χ1v) is 10.4. The molecule has 0 spiro atoms. The van der Waals surface area contributed by atoms with Crippen LogP contribution in [0.4, 0.5) is 0 Å². The van der Waals surface area contributed by atoms with Crippen molar-refractivity contribution in [1.82, 2.24) is 15.2 Å². The van der Waals surface area contributed by atoms with E-state index in [1.165, 1.54) is 11.1 Å². The lowest BCUT2D eigenvalue weighted by Gasteiger charge is -2.19. The Hall–Kier alpha value is -3.67. The van der Waals surface area contributed by atoms with Crippen LogP contribution in [-0.2, 0) is 14.3 Å². The summed E-state index contributed by atoms with van der Waals surface area (Å²) in [6.07, 6.45) is 2.93. The number of pyridine rings is 1. The Balaban J connectivity index is 1.65. The second-order valence-electron chi connectivity index (χ2n) is 8.47. The molecule has 9 nitrogen and oxygen atoms in total. The van der Waals surface area contributed by atoms with Gasteiger partial charge in [-0.25, -0.2) is 4.79 Å². The van der Waals surface area contributed by atoms with Crippen LogP contribution in [0.15, 0.2) is 30.5 Å². The van der Waals surface area contributed by atoms with E-state index in [1.54, 1.807) is 45.0 Å². The van der Waals surface area contributed by atoms with Gasteiger partial charge in [0.25, 0.3) is 5.91 Å². The number of rotatable bonds is 6. The second kappa shape index (κ2) is 9.64. The van der Waals surface area contributed by atoms with Crippen LogP contribution in [0.5, 0.6) is 5.75 Å². The average Bonchev–Trinajstić information content (AvgIpc) is 3.23. The summed E-state index contributed by atoms with van der Waals surface area (Å²) in [5.41, 5.74) is 0.272. The highest BCUT2D eigenvalue weighted by Crippen LogP contribution is 2.23. The number of amides is 2. The topological polar surface area (TPSA) is 122 Å². The molecule has 0 unspecified atom stereocenters. The lowest BCUT2D eigenvalue weighted by atomic mass is 10.1. The Kier molecular flexibility index (Phi) is 6.93. The Labute approximate surface area is 186 Å². The summed E-state index contributed by atoms with van der Waals surface area (Å²) in [7, 11) is 0. The van der Waals surface area contributed by atoms with Crippen LogP contribution in [0, 0.1) is 11.3 Å². The molecule has 168 valence electrons. The molecule has 1 fully saturated rings. The molecule has 0 saturated carbocycles. The van der Waals surface area contributed by atoms with E-state index in [0.29, 0.717) is 35.2 Å². The highest BCUT2D eigenvalue weighted by molar-refractivity contribution is 6.07. The van der Waals surface area contributed by atoms with Crippen LogP contribution in [0.1, 0.15) is 44.0 Å². The number of hydrogen-bond acceptors (Lipinski definition) is 7. The molecule has 1 aliphatic rings. The van der Waals surface area contributed by atoms with Crippen molar-refractivity contribution in [3.63, 3.8) is 0 Å². The third kappa shape index (κ3) is 5.72. The number of nitrogens with zero attached hydrogens (tertiary/aromatic N) is 3. The fourth-order valence-electron chi connectivity index (χ4n) is 3.48. The minimum absolute atomic E-state index is 0.183. The van der Waals surface area contributed by atoms with Crippen LogP contribution in [0.3, 0.4) is 0 Å². The minimum atomic E-state index is -0.598. The third-order valence-electron chi connectivity index (χ3n) is 4.86. The Bertz CT molecular complexity index is 1070. The van der Waals surface area contributed by atoms with E-state index < -0.39 is 23.5 Å². The molecular formula is C23H26N4O5. The lowest BCUT2D eigenvalue weighted by molar-refractivity contribution is -0.157. The van der Waals surface area contributed by atoms with Crippen LogP contribution in [-0.4, -0.2) is 59.0 Å². The van der Waals surface area contributed by atoms with Gasteiger partial charge in [-0.1, -0.05) is 0 Å². The van der Waals surface area contributed by atoms with E-state index in [9.17, 15) is 14.4 Å². The second-order valence-corrected chi connectivity index (χ2v) is 8.47. The predicted molar refractivity (Wildman–Crippen MR) is 116 cm³/mol. The van der Waals surface area contributed by atoms with E-state index in [4.69, 9.17) is 14.7 Å². The normalized spacial score (nSPS) is 15.8. The van der Waals surface area contributed by atoms with E-state index in [2.05, 4.69) is 16.4 Å². The van der Waals surface area contributed by atoms with Crippen molar-refractivity contribution < 1.29 is 23.9 Å². The van der Waals surface area contributed by atoms with Crippen molar-refractivity contribution >= 4 is 28.7 Å². The molecular weight excluding hydrogens is 412 g/mol. The molecule has 32 heavy (non-hydrogen) atoms. The summed E-state index contributed by atoms with van der Waals surface area (Å²) in [6, 6.07) is 8.19. The number of ether oxygens (including phenoxy) is 2. The molecule has 1 saturated heterocycles. The van der Waals surface area contributed by atoms with E-state index in [-0.39, 0.29) is 19.1 Å². The van der Waals surface area contributed by atoms with Crippen LogP contribution in [0.2, 0.25) is 0 Å². The minimum Gasteiger partial charge on any atom is -0.482 e. The number of benzene rings is 1. The highest BCUT2D eigenvalue weighted by Gasteiger charge is 2.28. The largest absolute Gasteiger partial charge is 0.482 e. The van der Waals surface area contributed by atoms with Crippen molar-refractivity contribution in [2.24, 2.45) is 0 Å². The summed E-state index contributed by atoms with van der Waals surface area (Å²) in [5, 5.41) is 12.3. The Morgan fingerprint density at radius 2 is 2.06 bits per heavy atom. The standard InChI is InChI=1S/C23H26N4O5/c1-23(2,3)32-21(29)14-31-16-6-7-17-18(8-9-25-19(17)11-16)22(30)26-13-20(28)27-10-4-5-15(27)12-24/h6-9,11,15H,4-5,10,13-14H2,1-3H3,(H,26,30)/t15-/m0/s1. The van der Waals surface area contributed by atoms with Crippen LogP contribution in [0.25, 0.3) is 10.9 Å². The first kappa shape index (κ1) is 23.0. The number of esters is 1. The molecule has 9 heteroatoms. The number of nitrogens with one attached hydrogen (secondary N) is 1. The van der Waals surface area contributed by atoms with Crippen molar-refractivity contribution in [1.29, 1.82) is 5.26 Å². The number of aromatic nitrogens is 1. The zero-order chi connectivity index (χ0) is 23.3. The SMILES string of the molecule is CC(C)(C)OC(=O)COc1ccc2c(C(=O)NCC(=O)N3CCC[C@H]3C#N)ccnc2c1. The Morgan fingerprint density at radius 1 is 1.28 bits per heavy atom. The number of hydrogen-bond donors (Lipinski definition) is 1. The molecule has 0 aliphatic carbocycles. The molecule has 1 aromatic heterocycles. The van der Waals surface area contributed by atoms with Gasteiger partial charge >= 0.3 is 5.97 Å². The summed E-state index contributed by atoms with van der Waals surface area (Å²) in [4.78, 5) is 42.7. The summed E-state index contributed by atoms with van der Waals surface area (Å²) >= 11 is 0. The van der Waals surface area contributed by atoms with Gasteiger partial charge in [-0.3, -0.25) is 14.6 Å². The monoisotopic (exact) mass is 438 g/mol. The van der Waals surface area contributed by atoms with E-state index in [0.717, 1.165) is 6.42 Å². The molecule has 2 heterocycles. The van der Waals surface area contributed by atoms with Gasteiger partial charge < -0.3 is 19.7 Å². The van der Waals surface area contributed by atoms with Gasteiger partial charge in [-0.15, -0.1) is 0 Å². The number of nitriles is 1. The number of carbonyl (C=O) groups is 3. The summed E-state index contributed by atoms with van der Waals surface area (Å²) in [6.45, 7) is 5.42. The predicted octanol–water partition coefficient (Wildman–Crippen LogP) is 2.20. The smallest absolute Gasteiger partial charge is 0.344 e. The molecule has 2 amide bonds. The van der Waals surface area contributed by atoms with Crippen LogP contribution < -0.4 is 10.1 Å². The fraction of sp³-hybridized carbons (Fsp3) is 0.435. The van der Waals surface area contributed by atoms with E-state index in [1.807, 2.05) is 0 Å². The van der Waals surface area contributed by atoms with Crippen molar-refractivity contribution in [2.75, 3.05) is 19.7 Å². The third-order valence-corrected chi connectivity index (χ3v) is 4.86. The number of fused-ring (bicyclic) bond motifs is 1. The summed E-state index contributed by atoms with van der Waals surface area (Å²) in [5.74, 6) is -0.764. The molecule has 1 aliphatic heterocycles. The van der Waals surface area contributed by atoms with Crippen molar-refractivity contribution in [3.05, 3.63) is 36.0 Å². The van der Waals surface area contributed by atoms with Gasteiger partial charge in [0.2, 0.25) is 5.91 Å². The van der Waals surface area contributed by atoms with Gasteiger partial charge in [0.1, 0.15) is 17.4 Å². The maximum absolute atomic E-state index is 12.7. The van der Waals surface area contributed by atoms with Gasteiger partial charge in [0.15, 0.2) is 6.61 Å². The van der Waals surface area contributed by atoms with Gasteiger partial charge in [0, 0.05) is 24.2 Å². The first-order chi connectivity index (χ1) is 15.2. The molecule has 1 aromatic carbocycles. The maximum Gasteiger partial charge on any atom is 0.344 e. The highest BCUT2D eigenvalue weighted by atomic mass is 16.6. The number of carbonyl (C=O) groups excluding carboxylic acids is 3.